The molecule has 4 atom stereocenters. The van der Waals surface area contributed by atoms with Crippen LogP contribution in [-0.2, 0) is 43.3 Å². The Morgan fingerprint density at radius 3 is 2.23 bits per heavy atom. The number of ether oxygens (including phenoxy) is 2. The van der Waals surface area contributed by atoms with Gasteiger partial charge in [-0.2, -0.15) is 0 Å². The van der Waals surface area contributed by atoms with Crippen LogP contribution in [-0.4, -0.2) is 70.3 Å². The number of benzene rings is 3. The van der Waals surface area contributed by atoms with Crippen LogP contribution in [0, 0.1) is 5.92 Å². The average Bonchev–Trinajstić information content (AvgIpc) is 3.59. The van der Waals surface area contributed by atoms with Crippen molar-refractivity contribution in [2.45, 2.75) is 63.9 Å². The van der Waals surface area contributed by atoms with Crippen molar-refractivity contribution in [2.75, 3.05) is 7.11 Å². The van der Waals surface area contributed by atoms with Crippen LogP contribution in [0.15, 0.2) is 85.3 Å². The zero-order valence-electron chi connectivity index (χ0n) is 26.6. The molecule has 0 aliphatic rings. The van der Waals surface area contributed by atoms with E-state index in [-0.39, 0.29) is 31.8 Å². The Morgan fingerprint density at radius 2 is 1.53 bits per heavy atom. The van der Waals surface area contributed by atoms with E-state index in [0.29, 0.717) is 5.69 Å². The third-order valence-corrected chi connectivity index (χ3v) is 7.61. The number of imidazole rings is 1. The van der Waals surface area contributed by atoms with Crippen LogP contribution in [0.4, 0.5) is 4.79 Å². The molecule has 12 nitrogen and oxygen atoms in total. The van der Waals surface area contributed by atoms with Gasteiger partial charge in [0.1, 0.15) is 18.7 Å². The number of rotatable bonds is 15. The van der Waals surface area contributed by atoms with Crippen LogP contribution in [0.1, 0.15) is 37.1 Å². The van der Waals surface area contributed by atoms with Gasteiger partial charge in [-0.25, -0.2) is 14.6 Å². The predicted molar refractivity (Wildman–Crippen MR) is 175 cm³/mol. The number of alkyl carbamates (subject to hydrolysis) is 1. The maximum atomic E-state index is 14.0. The Labute approximate surface area is 273 Å². The summed E-state index contributed by atoms with van der Waals surface area (Å²) in [4.78, 5) is 59.8. The number of carbonyl (C=O) groups excluding carboxylic acids is 4. The number of aromatic nitrogens is 2. The molecule has 248 valence electrons. The molecule has 1 aromatic heterocycles. The Bertz CT molecular complexity index is 1620. The van der Waals surface area contributed by atoms with Gasteiger partial charge >= 0.3 is 12.1 Å². The second-order valence-electron chi connectivity index (χ2n) is 11.7. The topological polar surface area (TPSA) is 172 Å². The molecule has 12 heteroatoms. The third kappa shape index (κ3) is 10.1. The average molecular weight is 644 g/mol. The maximum absolute atomic E-state index is 14.0. The van der Waals surface area contributed by atoms with E-state index in [4.69, 9.17) is 9.47 Å². The lowest BCUT2D eigenvalue weighted by atomic mass is 9.97. The summed E-state index contributed by atoms with van der Waals surface area (Å²) in [5, 5.41) is 20.7. The van der Waals surface area contributed by atoms with Crippen LogP contribution in [0.3, 0.4) is 0 Å². The Balaban J connectivity index is 1.58. The van der Waals surface area contributed by atoms with E-state index in [1.807, 2.05) is 86.6 Å². The van der Waals surface area contributed by atoms with Crippen molar-refractivity contribution >= 4 is 34.6 Å². The van der Waals surface area contributed by atoms with Crippen molar-refractivity contribution in [3.8, 4) is 0 Å². The molecule has 5 N–H and O–H groups in total. The van der Waals surface area contributed by atoms with Gasteiger partial charge in [0.05, 0.1) is 19.5 Å². The highest BCUT2D eigenvalue weighted by Crippen LogP contribution is 2.20. The number of amides is 3. The van der Waals surface area contributed by atoms with Gasteiger partial charge in [0, 0.05) is 24.7 Å². The molecule has 1 heterocycles. The maximum Gasteiger partial charge on any atom is 0.408 e. The van der Waals surface area contributed by atoms with Gasteiger partial charge in [0.15, 0.2) is 6.10 Å². The zero-order chi connectivity index (χ0) is 33.8. The van der Waals surface area contributed by atoms with Gasteiger partial charge in [0.25, 0.3) is 0 Å². The van der Waals surface area contributed by atoms with E-state index < -0.39 is 48.1 Å². The molecule has 4 aromatic rings. The Kier molecular flexibility index (Phi) is 12.5. The van der Waals surface area contributed by atoms with Crippen LogP contribution < -0.4 is 16.0 Å². The third-order valence-electron chi connectivity index (χ3n) is 7.61. The summed E-state index contributed by atoms with van der Waals surface area (Å²) in [7, 11) is 1.15. The largest absolute Gasteiger partial charge is 0.467 e. The number of carbonyl (C=O) groups is 4. The standard InChI is InChI=1S/C35H41N5O7/c1-22(2)16-28(31(41)34(44)46-3)38-33(43)30(18-26-19-36-21-37-26)39-32(42)29(40-35(45)47-20-23-10-5-4-6-11-23)17-25-14-9-13-24-12-7-8-15-27(24)25/h4-15,19,21-22,28-31,41H,16-18,20H2,1-3H3,(H,36,37)(H,38,43)(H,39,42)(H,40,45)/t28-,29-,30-,31-/m0/s1. The number of H-pyrrole nitrogens is 1. The summed E-state index contributed by atoms with van der Waals surface area (Å²) in [6.07, 6.45) is 0.932. The number of aromatic amines is 1. The number of methoxy groups -OCH3 is 1. The summed E-state index contributed by atoms with van der Waals surface area (Å²) in [6.45, 7) is 3.76. The molecular weight excluding hydrogens is 602 g/mol. The number of esters is 1. The Morgan fingerprint density at radius 1 is 0.851 bits per heavy atom. The number of hydrogen-bond donors (Lipinski definition) is 5. The van der Waals surface area contributed by atoms with Crippen LogP contribution in [0.2, 0.25) is 0 Å². The van der Waals surface area contributed by atoms with Crippen molar-refractivity contribution in [1.82, 2.24) is 25.9 Å². The van der Waals surface area contributed by atoms with E-state index in [9.17, 15) is 24.3 Å². The van der Waals surface area contributed by atoms with Crippen molar-refractivity contribution in [1.29, 1.82) is 0 Å². The number of fused-ring (bicyclic) bond motifs is 1. The van der Waals surface area contributed by atoms with E-state index in [1.54, 1.807) is 0 Å². The molecule has 4 rings (SSSR count). The molecule has 0 saturated carbocycles. The molecule has 0 aliphatic carbocycles. The van der Waals surface area contributed by atoms with E-state index in [2.05, 4.69) is 25.9 Å². The van der Waals surface area contributed by atoms with E-state index in [1.165, 1.54) is 12.5 Å². The molecule has 0 unspecified atom stereocenters. The van der Waals surface area contributed by atoms with Gasteiger partial charge in [-0.15, -0.1) is 0 Å². The lowest BCUT2D eigenvalue weighted by molar-refractivity contribution is -0.152. The number of nitrogens with one attached hydrogen (secondary N) is 4. The summed E-state index contributed by atoms with van der Waals surface area (Å²) in [5.74, 6) is -2.16. The first-order valence-electron chi connectivity index (χ1n) is 15.4. The smallest absolute Gasteiger partial charge is 0.408 e. The fourth-order valence-electron chi connectivity index (χ4n) is 5.25. The molecule has 0 spiro atoms. The number of aliphatic hydroxyl groups excluding tert-OH is 1. The normalized spacial score (nSPS) is 13.6. The lowest BCUT2D eigenvalue weighted by Gasteiger charge is -2.28. The predicted octanol–water partition coefficient (Wildman–Crippen LogP) is 3.19. The Hall–Kier alpha value is -5.23. The summed E-state index contributed by atoms with van der Waals surface area (Å²) in [5.41, 5.74) is 2.14. The molecule has 0 aliphatic heterocycles. The van der Waals surface area contributed by atoms with Crippen LogP contribution in [0.25, 0.3) is 10.8 Å². The monoisotopic (exact) mass is 643 g/mol. The second-order valence-corrected chi connectivity index (χ2v) is 11.7. The van der Waals surface area contributed by atoms with Crippen LogP contribution in [0.5, 0.6) is 0 Å². The summed E-state index contributed by atoms with van der Waals surface area (Å²) < 4.78 is 10.1. The highest BCUT2D eigenvalue weighted by molar-refractivity contribution is 5.93. The summed E-state index contributed by atoms with van der Waals surface area (Å²) in [6, 6.07) is 19.3. The molecule has 0 radical (unpaired) electrons. The van der Waals surface area contributed by atoms with Gasteiger partial charge in [-0.05, 0) is 34.2 Å². The highest BCUT2D eigenvalue weighted by Gasteiger charge is 2.33. The minimum absolute atomic E-state index is 0.000104. The molecular formula is C35H41N5O7. The highest BCUT2D eigenvalue weighted by atomic mass is 16.5. The molecule has 0 bridgehead atoms. The second kappa shape index (κ2) is 16.9. The van der Waals surface area contributed by atoms with E-state index >= 15 is 0 Å². The van der Waals surface area contributed by atoms with Crippen LogP contribution >= 0.6 is 0 Å². The molecule has 0 fully saturated rings. The molecule has 3 amide bonds. The summed E-state index contributed by atoms with van der Waals surface area (Å²) >= 11 is 0. The minimum Gasteiger partial charge on any atom is -0.467 e. The van der Waals surface area contributed by atoms with Gasteiger partial charge in [-0.1, -0.05) is 86.6 Å². The SMILES string of the molecule is COC(=O)[C@@H](O)[C@H](CC(C)C)NC(=O)[C@H](Cc1cnc[nH]1)NC(=O)[C@H](Cc1cccc2ccccc12)NC(=O)OCc1ccccc1. The van der Waals surface area contributed by atoms with E-state index in [0.717, 1.165) is 29.0 Å². The van der Waals surface area contributed by atoms with Crippen molar-refractivity contribution in [2.24, 2.45) is 5.92 Å². The van der Waals surface area contributed by atoms with Crippen molar-refractivity contribution < 1.29 is 33.8 Å². The number of nitrogens with zero attached hydrogens (tertiary/aromatic N) is 1. The molecule has 3 aromatic carbocycles. The zero-order valence-corrected chi connectivity index (χ0v) is 26.6. The molecule has 47 heavy (non-hydrogen) atoms. The lowest BCUT2D eigenvalue weighted by Crippen LogP contribution is -2.58. The quantitative estimate of drug-likeness (QED) is 0.123. The first-order valence-corrected chi connectivity index (χ1v) is 15.4. The first kappa shape index (κ1) is 34.6. The first-order chi connectivity index (χ1) is 22.6. The van der Waals surface area contributed by atoms with Gasteiger partial charge in [0.2, 0.25) is 11.8 Å². The fourth-order valence-corrected chi connectivity index (χ4v) is 5.25. The fraction of sp³-hybridized carbons (Fsp3) is 0.343. The van der Waals surface area contributed by atoms with Gasteiger partial charge in [-0.3, -0.25) is 9.59 Å². The van der Waals surface area contributed by atoms with Gasteiger partial charge < -0.3 is 35.5 Å². The van der Waals surface area contributed by atoms with Crippen molar-refractivity contribution in [3.63, 3.8) is 0 Å². The molecule has 0 saturated heterocycles. The number of hydrogen-bond acceptors (Lipinski definition) is 8. The van der Waals surface area contributed by atoms with Crippen molar-refractivity contribution in [3.05, 3.63) is 102 Å². The minimum atomic E-state index is -1.62. The number of aliphatic hydroxyl groups is 1.